The number of benzene rings is 1. The summed E-state index contributed by atoms with van der Waals surface area (Å²) in [7, 11) is -0.297. The van der Waals surface area contributed by atoms with E-state index in [1.807, 2.05) is 38.1 Å². The standard InChI is InChI=1S/C15H23N3O2S/c1-13(2)18(4)21(19,20)17(3)12-15-8-5-7-14(11-15)9-6-10-16/h5,7-8,11,13H,10,12,16H2,1-4H3. The van der Waals surface area contributed by atoms with E-state index < -0.39 is 10.2 Å². The molecular weight excluding hydrogens is 286 g/mol. The van der Waals surface area contributed by atoms with Crippen LogP contribution in [0.15, 0.2) is 24.3 Å². The van der Waals surface area contributed by atoms with Crippen molar-refractivity contribution in [2.45, 2.75) is 26.4 Å². The van der Waals surface area contributed by atoms with Gasteiger partial charge in [-0.1, -0.05) is 24.0 Å². The minimum absolute atomic E-state index is 0.0841. The molecule has 0 aliphatic carbocycles. The van der Waals surface area contributed by atoms with Crippen LogP contribution in [-0.4, -0.2) is 43.7 Å². The van der Waals surface area contributed by atoms with E-state index in [0.29, 0.717) is 13.1 Å². The monoisotopic (exact) mass is 309 g/mol. The molecule has 1 aromatic rings. The lowest BCUT2D eigenvalue weighted by atomic mass is 10.1. The van der Waals surface area contributed by atoms with Crippen LogP contribution in [0.25, 0.3) is 0 Å². The average Bonchev–Trinajstić information content (AvgIpc) is 2.44. The molecule has 1 rings (SSSR count). The Hall–Kier alpha value is -1.39. The van der Waals surface area contributed by atoms with E-state index >= 15 is 0 Å². The Kier molecular flexibility index (Phi) is 6.37. The van der Waals surface area contributed by atoms with Crippen LogP contribution in [-0.2, 0) is 16.8 Å². The fraction of sp³-hybridized carbons (Fsp3) is 0.467. The van der Waals surface area contributed by atoms with Crippen molar-refractivity contribution >= 4 is 10.2 Å². The van der Waals surface area contributed by atoms with Crippen LogP contribution in [0.3, 0.4) is 0 Å². The van der Waals surface area contributed by atoms with Gasteiger partial charge in [-0.2, -0.15) is 17.0 Å². The Morgan fingerprint density at radius 2 is 1.95 bits per heavy atom. The van der Waals surface area contributed by atoms with Gasteiger partial charge in [-0.25, -0.2) is 0 Å². The van der Waals surface area contributed by atoms with Gasteiger partial charge >= 0.3 is 0 Å². The summed E-state index contributed by atoms with van der Waals surface area (Å²) in [5, 5.41) is 0. The lowest BCUT2D eigenvalue weighted by Gasteiger charge is -2.27. The quantitative estimate of drug-likeness (QED) is 0.826. The van der Waals surface area contributed by atoms with E-state index in [-0.39, 0.29) is 6.04 Å². The van der Waals surface area contributed by atoms with Crippen LogP contribution < -0.4 is 5.73 Å². The van der Waals surface area contributed by atoms with Crippen molar-refractivity contribution in [3.05, 3.63) is 35.4 Å². The number of rotatable bonds is 5. The maximum Gasteiger partial charge on any atom is 0.282 e. The van der Waals surface area contributed by atoms with Gasteiger partial charge in [0.05, 0.1) is 6.54 Å². The largest absolute Gasteiger partial charge is 0.320 e. The molecular formula is C15H23N3O2S. The molecule has 5 nitrogen and oxygen atoms in total. The van der Waals surface area contributed by atoms with Gasteiger partial charge in [0.25, 0.3) is 10.2 Å². The molecule has 0 atom stereocenters. The van der Waals surface area contributed by atoms with Gasteiger partial charge in [-0.15, -0.1) is 0 Å². The summed E-state index contributed by atoms with van der Waals surface area (Å²) in [6.07, 6.45) is 0. The Labute approximate surface area is 127 Å². The van der Waals surface area contributed by atoms with Crippen LogP contribution in [0.4, 0.5) is 0 Å². The molecule has 21 heavy (non-hydrogen) atoms. The Bertz CT molecular complexity index is 630. The maximum absolute atomic E-state index is 12.3. The van der Waals surface area contributed by atoms with Gasteiger partial charge in [0.1, 0.15) is 0 Å². The Balaban J connectivity index is 2.91. The second-order valence-corrected chi connectivity index (χ2v) is 7.18. The molecule has 0 aromatic heterocycles. The summed E-state index contributed by atoms with van der Waals surface area (Å²) < 4.78 is 27.4. The first kappa shape index (κ1) is 17.7. The van der Waals surface area contributed by atoms with Crippen LogP contribution in [0.2, 0.25) is 0 Å². The molecule has 116 valence electrons. The molecule has 0 aliphatic rings. The summed E-state index contributed by atoms with van der Waals surface area (Å²) in [6.45, 7) is 4.29. The van der Waals surface area contributed by atoms with E-state index in [1.165, 1.54) is 8.61 Å². The van der Waals surface area contributed by atoms with E-state index in [1.54, 1.807) is 14.1 Å². The Morgan fingerprint density at radius 1 is 1.29 bits per heavy atom. The summed E-state index contributed by atoms with van der Waals surface area (Å²) in [5.41, 5.74) is 7.07. The fourth-order valence-electron chi connectivity index (χ4n) is 1.73. The molecule has 0 fully saturated rings. The molecule has 6 heteroatoms. The van der Waals surface area contributed by atoms with Crippen LogP contribution in [0.1, 0.15) is 25.0 Å². The van der Waals surface area contributed by atoms with Crippen LogP contribution >= 0.6 is 0 Å². The summed E-state index contributed by atoms with van der Waals surface area (Å²) in [5.74, 6) is 5.73. The van der Waals surface area contributed by atoms with Gasteiger partial charge < -0.3 is 5.73 Å². The highest BCUT2D eigenvalue weighted by atomic mass is 32.2. The molecule has 0 saturated heterocycles. The third-order valence-corrected chi connectivity index (χ3v) is 5.22. The van der Waals surface area contributed by atoms with E-state index in [0.717, 1.165) is 11.1 Å². The zero-order valence-corrected chi connectivity index (χ0v) is 13.8. The topological polar surface area (TPSA) is 66.6 Å². The van der Waals surface area contributed by atoms with Gasteiger partial charge in [-0.3, -0.25) is 0 Å². The van der Waals surface area contributed by atoms with Crippen molar-refractivity contribution in [3.63, 3.8) is 0 Å². The highest BCUT2D eigenvalue weighted by molar-refractivity contribution is 7.86. The van der Waals surface area contributed by atoms with E-state index in [4.69, 9.17) is 5.73 Å². The number of hydrogen-bond acceptors (Lipinski definition) is 3. The maximum atomic E-state index is 12.3. The highest BCUT2D eigenvalue weighted by Crippen LogP contribution is 2.13. The van der Waals surface area contributed by atoms with Crippen molar-refractivity contribution in [2.24, 2.45) is 5.73 Å². The smallest absolute Gasteiger partial charge is 0.282 e. The minimum atomic E-state index is -3.46. The molecule has 0 saturated carbocycles. The summed E-state index contributed by atoms with van der Waals surface area (Å²) in [6, 6.07) is 7.42. The van der Waals surface area contributed by atoms with Crippen molar-refractivity contribution in [1.29, 1.82) is 0 Å². The molecule has 2 N–H and O–H groups in total. The second kappa shape index (κ2) is 7.57. The summed E-state index contributed by atoms with van der Waals surface area (Å²) >= 11 is 0. The molecule has 0 spiro atoms. The van der Waals surface area contributed by atoms with Gasteiger partial charge in [0.2, 0.25) is 0 Å². The third kappa shape index (κ3) is 4.83. The van der Waals surface area contributed by atoms with Gasteiger partial charge in [0, 0.05) is 32.2 Å². The van der Waals surface area contributed by atoms with Crippen molar-refractivity contribution in [3.8, 4) is 11.8 Å². The molecule has 0 amide bonds. The average molecular weight is 309 g/mol. The van der Waals surface area contributed by atoms with Crippen molar-refractivity contribution in [2.75, 3.05) is 20.6 Å². The highest BCUT2D eigenvalue weighted by Gasteiger charge is 2.25. The summed E-state index contributed by atoms with van der Waals surface area (Å²) in [4.78, 5) is 0. The first-order valence-electron chi connectivity index (χ1n) is 6.76. The normalized spacial score (nSPS) is 11.8. The molecule has 0 aliphatic heterocycles. The van der Waals surface area contributed by atoms with E-state index in [2.05, 4.69) is 11.8 Å². The molecule has 1 aromatic carbocycles. The van der Waals surface area contributed by atoms with Crippen LogP contribution in [0.5, 0.6) is 0 Å². The lowest BCUT2D eigenvalue weighted by molar-refractivity contribution is 0.355. The lowest BCUT2D eigenvalue weighted by Crippen LogP contribution is -2.42. The first-order chi connectivity index (χ1) is 9.78. The number of hydrogen-bond donors (Lipinski definition) is 1. The number of nitrogens with zero attached hydrogens (tertiary/aromatic N) is 2. The van der Waals surface area contributed by atoms with Crippen LogP contribution in [0, 0.1) is 11.8 Å². The zero-order valence-electron chi connectivity index (χ0n) is 13.0. The molecule has 0 bridgehead atoms. The number of nitrogens with two attached hydrogens (primary N) is 1. The first-order valence-corrected chi connectivity index (χ1v) is 8.16. The molecule has 0 heterocycles. The predicted molar refractivity (Wildman–Crippen MR) is 85.7 cm³/mol. The third-order valence-electron chi connectivity index (χ3n) is 3.15. The van der Waals surface area contributed by atoms with Crippen molar-refractivity contribution < 1.29 is 8.42 Å². The second-order valence-electron chi connectivity index (χ2n) is 5.08. The minimum Gasteiger partial charge on any atom is -0.320 e. The predicted octanol–water partition coefficient (Wildman–Crippen LogP) is 1.01. The molecule has 0 unspecified atom stereocenters. The SMILES string of the molecule is CC(C)N(C)S(=O)(=O)N(C)Cc1cccc(C#CCN)c1. The fourth-order valence-corrected chi connectivity index (χ4v) is 3.01. The van der Waals surface area contributed by atoms with Gasteiger partial charge in [0.15, 0.2) is 0 Å². The van der Waals surface area contributed by atoms with Gasteiger partial charge in [-0.05, 0) is 31.5 Å². The zero-order chi connectivity index (χ0) is 16.0. The molecule has 0 radical (unpaired) electrons. The van der Waals surface area contributed by atoms with E-state index in [9.17, 15) is 8.42 Å². The van der Waals surface area contributed by atoms with Crippen molar-refractivity contribution in [1.82, 2.24) is 8.61 Å². The Morgan fingerprint density at radius 3 is 2.52 bits per heavy atom.